The lowest BCUT2D eigenvalue weighted by atomic mass is 9.97. The fraction of sp³-hybridized carbons (Fsp3) is 0.250. The molecule has 1 unspecified atom stereocenters. The molecule has 1 aromatic carbocycles. The second-order valence-electron chi connectivity index (χ2n) is 6.67. The summed E-state index contributed by atoms with van der Waals surface area (Å²) in [4.78, 5) is 26.8. The third kappa shape index (κ3) is 2.73. The van der Waals surface area contributed by atoms with E-state index in [9.17, 15) is 9.59 Å². The van der Waals surface area contributed by atoms with Crippen LogP contribution < -0.4 is 4.90 Å². The number of carbonyl (C=O) groups is 2. The van der Waals surface area contributed by atoms with E-state index in [1.165, 1.54) is 6.92 Å². The number of aryl methyl sites for hydroxylation is 1. The summed E-state index contributed by atoms with van der Waals surface area (Å²) in [5.74, 6) is -0.155. The fourth-order valence-corrected chi connectivity index (χ4v) is 3.55. The van der Waals surface area contributed by atoms with Crippen LogP contribution in [0.3, 0.4) is 0 Å². The first-order valence-electron chi connectivity index (χ1n) is 8.61. The Hall–Kier alpha value is -3.15. The van der Waals surface area contributed by atoms with Crippen LogP contribution in [0, 0.1) is 0 Å². The van der Waals surface area contributed by atoms with Crippen molar-refractivity contribution in [3.05, 3.63) is 71.8 Å². The molecule has 6 nitrogen and oxygen atoms in total. The van der Waals surface area contributed by atoms with Gasteiger partial charge in [0.2, 0.25) is 0 Å². The zero-order valence-electron chi connectivity index (χ0n) is 14.8. The molecule has 4 rings (SSSR count). The zero-order valence-corrected chi connectivity index (χ0v) is 14.8. The van der Waals surface area contributed by atoms with E-state index in [1.54, 1.807) is 35.0 Å². The van der Waals surface area contributed by atoms with Gasteiger partial charge < -0.3 is 9.47 Å². The molecule has 0 radical (unpaired) electrons. The number of hydrogen-bond donors (Lipinski definition) is 0. The van der Waals surface area contributed by atoms with Crippen molar-refractivity contribution in [1.29, 1.82) is 0 Å². The third-order valence-electron chi connectivity index (χ3n) is 4.91. The number of nitrogens with zero attached hydrogens (tertiary/aromatic N) is 4. The topological polar surface area (TPSA) is 60.1 Å². The van der Waals surface area contributed by atoms with Gasteiger partial charge in [0.25, 0.3) is 5.91 Å². The van der Waals surface area contributed by atoms with Gasteiger partial charge in [-0.3, -0.25) is 14.3 Å². The Kier molecular flexibility index (Phi) is 3.95. The van der Waals surface area contributed by atoms with Crippen molar-refractivity contribution >= 4 is 17.4 Å². The third-order valence-corrected chi connectivity index (χ3v) is 4.91. The molecule has 1 atom stereocenters. The number of aromatic nitrogens is 3. The molecule has 1 aliphatic heterocycles. The molecular weight excluding hydrogens is 328 g/mol. The molecule has 0 saturated carbocycles. The van der Waals surface area contributed by atoms with Gasteiger partial charge >= 0.3 is 0 Å². The number of carbonyl (C=O) groups excluding carboxylic acids is 2. The first kappa shape index (κ1) is 16.3. The monoisotopic (exact) mass is 348 g/mol. The van der Waals surface area contributed by atoms with E-state index in [0.29, 0.717) is 17.8 Å². The summed E-state index contributed by atoms with van der Waals surface area (Å²) in [7, 11) is 1.79. The molecule has 26 heavy (non-hydrogen) atoms. The van der Waals surface area contributed by atoms with Gasteiger partial charge in [-0.05, 0) is 37.1 Å². The number of Topliss-reactive ketones (excluding diaryl/α,β-unsaturated/α-hetero) is 1. The summed E-state index contributed by atoms with van der Waals surface area (Å²) in [6.07, 6.45) is 6.21. The van der Waals surface area contributed by atoms with E-state index in [2.05, 4.69) is 11.2 Å². The van der Waals surface area contributed by atoms with Crippen molar-refractivity contribution in [2.24, 2.45) is 7.05 Å². The van der Waals surface area contributed by atoms with Gasteiger partial charge in [-0.1, -0.05) is 18.2 Å². The first-order chi connectivity index (χ1) is 12.5. The molecule has 2 aromatic heterocycles. The molecule has 0 N–H and O–H groups in total. The second-order valence-corrected chi connectivity index (χ2v) is 6.67. The van der Waals surface area contributed by atoms with Gasteiger partial charge in [-0.25, -0.2) is 0 Å². The maximum Gasteiger partial charge on any atom is 0.274 e. The van der Waals surface area contributed by atoms with Crippen LogP contribution in [0.15, 0.2) is 55.0 Å². The number of anilines is 1. The van der Waals surface area contributed by atoms with E-state index in [1.807, 2.05) is 35.1 Å². The first-order valence-corrected chi connectivity index (χ1v) is 8.61. The van der Waals surface area contributed by atoms with E-state index in [0.717, 1.165) is 17.7 Å². The number of hydrogen-bond acceptors (Lipinski definition) is 3. The Bertz CT molecular complexity index is 972. The zero-order chi connectivity index (χ0) is 18.3. The highest BCUT2D eigenvalue weighted by atomic mass is 16.2. The quantitative estimate of drug-likeness (QED) is 0.684. The molecule has 0 bridgehead atoms. The fourth-order valence-electron chi connectivity index (χ4n) is 3.55. The van der Waals surface area contributed by atoms with Crippen molar-refractivity contribution in [1.82, 2.24) is 14.3 Å². The van der Waals surface area contributed by atoms with Crippen LogP contribution in [0.2, 0.25) is 0 Å². The van der Waals surface area contributed by atoms with Crippen molar-refractivity contribution in [3.63, 3.8) is 0 Å². The highest BCUT2D eigenvalue weighted by molar-refractivity contribution is 6.07. The van der Waals surface area contributed by atoms with Gasteiger partial charge in [-0.2, -0.15) is 5.10 Å². The van der Waals surface area contributed by atoms with Crippen molar-refractivity contribution in [2.45, 2.75) is 19.4 Å². The molecule has 3 heterocycles. The summed E-state index contributed by atoms with van der Waals surface area (Å²) in [6.45, 7) is 2.05. The largest absolute Gasteiger partial charge is 0.346 e. The highest BCUT2D eigenvalue weighted by Crippen LogP contribution is 2.32. The summed E-state index contributed by atoms with van der Waals surface area (Å²) < 4.78 is 3.63. The standard InChI is InChI=1S/C20H20N4O2/c1-14(25)16-11-19(22(2)12-16)20(26)23-13-17(24-9-5-8-21-24)10-15-6-3-4-7-18(15)23/h3-9,11-12,17H,10,13H2,1-2H3. The minimum Gasteiger partial charge on any atom is -0.346 e. The average Bonchev–Trinajstić information content (AvgIpc) is 3.30. The van der Waals surface area contributed by atoms with Crippen LogP contribution in [0.25, 0.3) is 0 Å². The van der Waals surface area contributed by atoms with E-state index in [4.69, 9.17) is 0 Å². The Morgan fingerprint density at radius 3 is 2.69 bits per heavy atom. The maximum atomic E-state index is 13.3. The molecule has 6 heteroatoms. The average molecular weight is 348 g/mol. The lowest BCUT2D eigenvalue weighted by Crippen LogP contribution is -2.41. The van der Waals surface area contributed by atoms with Crippen LogP contribution in [0.1, 0.15) is 39.4 Å². The minimum atomic E-state index is -0.107. The Morgan fingerprint density at radius 1 is 1.19 bits per heavy atom. The predicted molar refractivity (Wildman–Crippen MR) is 98.5 cm³/mol. The number of benzene rings is 1. The number of amides is 1. The number of fused-ring (bicyclic) bond motifs is 1. The molecule has 0 aliphatic carbocycles. The van der Waals surface area contributed by atoms with Gasteiger partial charge in [0.1, 0.15) is 5.69 Å². The molecule has 0 fully saturated rings. The molecular formula is C20H20N4O2. The van der Waals surface area contributed by atoms with Crippen LogP contribution >= 0.6 is 0 Å². The molecule has 132 valence electrons. The van der Waals surface area contributed by atoms with Gasteiger partial charge in [0.05, 0.1) is 6.04 Å². The van der Waals surface area contributed by atoms with Crippen molar-refractivity contribution < 1.29 is 9.59 Å². The molecule has 3 aromatic rings. The normalized spacial score (nSPS) is 16.4. The smallest absolute Gasteiger partial charge is 0.274 e. The Morgan fingerprint density at radius 2 is 2.00 bits per heavy atom. The molecule has 1 amide bonds. The van der Waals surface area contributed by atoms with Crippen LogP contribution in [0.4, 0.5) is 5.69 Å². The maximum absolute atomic E-state index is 13.3. The molecule has 0 saturated heterocycles. The highest BCUT2D eigenvalue weighted by Gasteiger charge is 2.31. The van der Waals surface area contributed by atoms with Gasteiger partial charge in [0, 0.05) is 43.4 Å². The van der Waals surface area contributed by atoms with Crippen LogP contribution in [-0.2, 0) is 13.5 Å². The summed E-state index contributed by atoms with van der Waals surface area (Å²) in [5, 5.41) is 4.35. The van der Waals surface area contributed by atoms with Gasteiger partial charge in [-0.15, -0.1) is 0 Å². The Balaban J connectivity index is 1.74. The SMILES string of the molecule is CC(=O)c1cc(C(=O)N2CC(n3cccn3)Cc3ccccc32)n(C)c1. The molecule has 1 aliphatic rings. The van der Waals surface area contributed by atoms with Crippen molar-refractivity contribution in [3.8, 4) is 0 Å². The number of ketones is 1. The van der Waals surface area contributed by atoms with E-state index >= 15 is 0 Å². The van der Waals surface area contributed by atoms with E-state index < -0.39 is 0 Å². The number of rotatable bonds is 3. The van der Waals surface area contributed by atoms with Crippen LogP contribution in [0.5, 0.6) is 0 Å². The summed E-state index contributed by atoms with van der Waals surface area (Å²) in [5.41, 5.74) is 3.09. The second kappa shape index (κ2) is 6.29. The van der Waals surface area contributed by atoms with Gasteiger partial charge in [0.15, 0.2) is 5.78 Å². The number of para-hydroxylation sites is 1. The summed E-state index contributed by atoms with van der Waals surface area (Å²) >= 11 is 0. The Labute approximate surface area is 151 Å². The summed E-state index contributed by atoms with van der Waals surface area (Å²) in [6, 6.07) is 11.6. The van der Waals surface area contributed by atoms with Crippen molar-refractivity contribution in [2.75, 3.05) is 11.4 Å². The lowest BCUT2D eigenvalue weighted by molar-refractivity contribution is 0.0971. The molecule has 0 spiro atoms. The van der Waals surface area contributed by atoms with Crippen LogP contribution in [-0.4, -0.2) is 32.6 Å². The minimum absolute atomic E-state index is 0.0480. The lowest BCUT2D eigenvalue weighted by Gasteiger charge is -2.34. The van der Waals surface area contributed by atoms with E-state index in [-0.39, 0.29) is 17.7 Å². The predicted octanol–water partition coefficient (Wildman–Crippen LogP) is 2.87.